The van der Waals surface area contributed by atoms with Crippen molar-refractivity contribution in [1.82, 2.24) is 25.0 Å². The molecule has 2 aromatic heterocycles. The first-order valence-corrected chi connectivity index (χ1v) is 13.8. The molecule has 2 fully saturated rings. The van der Waals surface area contributed by atoms with Gasteiger partial charge in [-0.2, -0.15) is 5.10 Å². The van der Waals surface area contributed by atoms with Gasteiger partial charge in [0, 0.05) is 78.2 Å². The van der Waals surface area contributed by atoms with E-state index >= 15 is 0 Å². The minimum absolute atomic E-state index is 0.0342. The maximum atomic E-state index is 12.5. The zero-order valence-electron chi connectivity index (χ0n) is 23.5. The number of hydrogen-bond acceptors (Lipinski definition) is 7. The van der Waals surface area contributed by atoms with E-state index in [1.54, 1.807) is 25.4 Å². The molecule has 0 radical (unpaired) electrons. The van der Waals surface area contributed by atoms with Gasteiger partial charge >= 0.3 is 0 Å². The second kappa shape index (κ2) is 11.1. The van der Waals surface area contributed by atoms with Crippen molar-refractivity contribution in [3.05, 3.63) is 64.6 Å². The minimum Gasteiger partial charge on any atom is -0.398 e. The second-order valence-corrected chi connectivity index (χ2v) is 11.3. The molecule has 3 aromatic rings. The Kier molecular flexibility index (Phi) is 7.72. The normalized spacial score (nSPS) is 15.8. The van der Waals surface area contributed by atoms with Gasteiger partial charge in [-0.05, 0) is 56.5 Å². The Morgan fingerprint density at radius 2 is 2.02 bits per heavy atom. The number of likely N-dealkylation sites (tertiary alicyclic amines) is 1. The molecule has 1 aliphatic carbocycles. The van der Waals surface area contributed by atoms with Crippen LogP contribution in [0, 0.1) is 24.7 Å². The predicted molar refractivity (Wildman–Crippen MR) is 159 cm³/mol. The van der Waals surface area contributed by atoms with Crippen molar-refractivity contribution in [2.24, 2.45) is 5.41 Å². The average Bonchev–Trinajstić information content (AvgIpc) is 3.25. The van der Waals surface area contributed by atoms with E-state index in [4.69, 9.17) is 32.6 Å². The van der Waals surface area contributed by atoms with Gasteiger partial charge < -0.3 is 26.1 Å². The van der Waals surface area contributed by atoms with Gasteiger partial charge in [0.05, 0.1) is 17.7 Å². The van der Waals surface area contributed by atoms with Crippen LogP contribution in [-0.2, 0) is 9.53 Å². The highest BCUT2D eigenvalue weighted by molar-refractivity contribution is 6.35. The number of carbonyl (C=O) groups excluding carboxylic acids is 2. The van der Waals surface area contributed by atoms with Crippen molar-refractivity contribution in [3.8, 4) is 22.4 Å². The van der Waals surface area contributed by atoms with E-state index in [0.29, 0.717) is 46.2 Å². The number of hydrogen-bond donors (Lipinski definition) is 3. The molecule has 2 amide bonds. The van der Waals surface area contributed by atoms with Crippen molar-refractivity contribution >= 4 is 35.3 Å². The fourth-order valence-electron chi connectivity index (χ4n) is 6.05. The van der Waals surface area contributed by atoms with E-state index in [2.05, 4.69) is 16.9 Å². The van der Waals surface area contributed by atoms with E-state index in [-0.39, 0.29) is 29.0 Å². The maximum absolute atomic E-state index is 12.5. The minimum atomic E-state index is -0.291. The quantitative estimate of drug-likeness (QED) is 0.151. The SMILES string of the molecule is C=CC(=O)N1CC2(CC(n3nc(-c4ccc(C(=O)NCCOC)nc4)c(-c4c(Cl)c(C)cc(N)c4C=N)c3C)C2)C1. The lowest BCUT2D eigenvalue weighted by Gasteiger charge is -2.58. The van der Waals surface area contributed by atoms with Crippen LogP contribution in [0.4, 0.5) is 5.69 Å². The standard InChI is InChI=1S/C30H34ClN7O3/c1-5-24(39)37-15-30(16-37)11-20(12-30)38-18(3)25(26-21(13-32)22(33)10-17(2)27(26)31)28(36-38)19-6-7-23(35-14-19)29(40)34-8-9-41-4/h5-7,10,13-14,20,32H,1,8-9,11-12,15-16,33H2,2-4H3,(H,34,40). The number of aromatic nitrogens is 3. The summed E-state index contributed by atoms with van der Waals surface area (Å²) in [6.07, 6.45) is 6.01. The van der Waals surface area contributed by atoms with Crippen LogP contribution in [0.3, 0.4) is 0 Å². The molecule has 0 atom stereocenters. The molecule has 3 heterocycles. The van der Waals surface area contributed by atoms with Crippen molar-refractivity contribution in [1.29, 1.82) is 5.41 Å². The van der Waals surface area contributed by atoms with Crippen LogP contribution in [0.15, 0.2) is 37.1 Å². The first-order chi connectivity index (χ1) is 19.6. The molecule has 1 saturated heterocycles. The van der Waals surface area contributed by atoms with Crippen LogP contribution in [0.2, 0.25) is 5.02 Å². The van der Waals surface area contributed by atoms with Crippen LogP contribution in [0.5, 0.6) is 0 Å². The highest BCUT2D eigenvalue weighted by atomic mass is 35.5. The van der Waals surface area contributed by atoms with E-state index < -0.39 is 0 Å². The maximum Gasteiger partial charge on any atom is 0.269 e. The smallest absolute Gasteiger partial charge is 0.269 e. The van der Waals surface area contributed by atoms with Crippen molar-refractivity contribution in [2.75, 3.05) is 39.1 Å². The van der Waals surface area contributed by atoms with Crippen LogP contribution in [-0.4, -0.2) is 71.0 Å². The number of aryl methyl sites for hydroxylation is 1. The molecule has 5 rings (SSSR count). The number of nitrogens with one attached hydrogen (secondary N) is 2. The topological polar surface area (TPSA) is 139 Å². The van der Waals surface area contributed by atoms with Gasteiger partial charge in [-0.15, -0.1) is 0 Å². The number of carbonyl (C=O) groups is 2. The van der Waals surface area contributed by atoms with Crippen LogP contribution in [0.25, 0.3) is 22.4 Å². The number of halogens is 1. The fraction of sp³-hybridized carbons (Fsp3) is 0.367. The molecule has 0 unspecified atom stereocenters. The summed E-state index contributed by atoms with van der Waals surface area (Å²) in [5, 5.41) is 16.5. The lowest BCUT2D eigenvalue weighted by Crippen LogP contribution is -2.63. The number of ether oxygens (including phenoxy) is 1. The molecular formula is C30H34ClN7O3. The molecule has 2 aliphatic rings. The molecule has 1 aliphatic heterocycles. The van der Waals surface area contributed by atoms with Crippen molar-refractivity contribution in [2.45, 2.75) is 32.7 Å². The zero-order valence-corrected chi connectivity index (χ0v) is 24.2. The summed E-state index contributed by atoms with van der Waals surface area (Å²) in [5.41, 5.74) is 12.2. The van der Waals surface area contributed by atoms with E-state index in [1.165, 1.54) is 12.3 Å². The van der Waals surface area contributed by atoms with E-state index in [9.17, 15) is 9.59 Å². The van der Waals surface area contributed by atoms with Gasteiger partial charge in [0.15, 0.2) is 0 Å². The third-order valence-electron chi connectivity index (χ3n) is 8.15. The second-order valence-electron chi connectivity index (χ2n) is 10.9. The Bertz CT molecular complexity index is 1530. The Labute approximate surface area is 244 Å². The van der Waals surface area contributed by atoms with Crippen LogP contribution >= 0.6 is 11.6 Å². The number of anilines is 1. The molecule has 4 N–H and O–H groups in total. The van der Waals surface area contributed by atoms with Crippen LogP contribution in [0.1, 0.15) is 46.2 Å². The molecule has 11 heteroatoms. The molecule has 0 bridgehead atoms. The Morgan fingerprint density at radius 3 is 2.63 bits per heavy atom. The summed E-state index contributed by atoms with van der Waals surface area (Å²) in [6, 6.07) is 5.40. The van der Waals surface area contributed by atoms with Crippen LogP contribution < -0.4 is 11.1 Å². The van der Waals surface area contributed by atoms with E-state index in [0.717, 1.165) is 42.8 Å². The summed E-state index contributed by atoms with van der Waals surface area (Å²) in [4.78, 5) is 30.7. The number of pyridine rings is 1. The molecule has 1 spiro atoms. The molecular weight excluding hydrogens is 542 g/mol. The van der Waals surface area contributed by atoms with E-state index in [1.807, 2.05) is 29.5 Å². The van der Waals surface area contributed by atoms with Gasteiger partial charge in [-0.25, -0.2) is 0 Å². The lowest BCUT2D eigenvalue weighted by atomic mass is 9.60. The summed E-state index contributed by atoms with van der Waals surface area (Å²) in [7, 11) is 1.57. The van der Waals surface area contributed by atoms with Crippen molar-refractivity contribution in [3.63, 3.8) is 0 Å². The third-order valence-corrected chi connectivity index (χ3v) is 8.63. The monoisotopic (exact) mass is 575 g/mol. The molecule has 1 aromatic carbocycles. The summed E-state index contributed by atoms with van der Waals surface area (Å²) < 4.78 is 7.02. The molecule has 10 nitrogen and oxygen atoms in total. The number of methoxy groups -OCH3 is 1. The largest absolute Gasteiger partial charge is 0.398 e. The molecule has 1 saturated carbocycles. The number of amides is 2. The Morgan fingerprint density at radius 1 is 1.29 bits per heavy atom. The highest BCUT2D eigenvalue weighted by Crippen LogP contribution is 2.55. The highest BCUT2D eigenvalue weighted by Gasteiger charge is 2.54. The van der Waals surface area contributed by atoms with Gasteiger partial charge in [0.1, 0.15) is 11.4 Å². The third kappa shape index (κ3) is 5.02. The molecule has 214 valence electrons. The number of nitrogen functional groups attached to an aromatic ring is 1. The first kappa shape index (κ1) is 28.5. The Hall–Kier alpha value is -4.02. The number of nitrogens with two attached hydrogens (primary N) is 1. The first-order valence-electron chi connectivity index (χ1n) is 13.5. The fourth-order valence-corrected chi connectivity index (χ4v) is 6.31. The zero-order chi connectivity index (χ0) is 29.5. The van der Waals surface area contributed by atoms with Gasteiger partial charge in [-0.1, -0.05) is 18.2 Å². The van der Waals surface area contributed by atoms with Gasteiger partial charge in [0.25, 0.3) is 5.91 Å². The van der Waals surface area contributed by atoms with Gasteiger partial charge in [-0.3, -0.25) is 19.3 Å². The molecule has 41 heavy (non-hydrogen) atoms. The number of nitrogens with zero attached hydrogens (tertiary/aromatic N) is 4. The van der Waals surface area contributed by atoms with Crippen molar-refractivity contribution < 1.29 is 14.3 Å². The average molecular weight is 576 g/mol. The van der Waals surface area contributed by atoms with Gasteiger partial charge in [0.2, 0.25) is 5.91 Å². The number of benzene rings is 1. The number of rotatable bonds is 9. The predicted octanol–water partition coefficient (Wildman–Crippen LogP) is 4.19. The lowest BCUT2D eigenvalue weighted by molar-refractivity contribution is -0.149. The Balaban J connectivity index is 1.54. The summed E-state index contributed by atoms with van der Waals surface area (Å²) >= 11 is 6.90. The summed E-state index contributed by atoms with van der Waals surface area (Å²) in [5.74, 6) is -0.325. The summed E-state index contributed by atoms with van der Waals surface area (Å²) in [6.45, 7) is 9.72.